The molecule has 0 spiro atoms. The van der Waals surface area contributed by atoms with E-state index in [0.29, 0.717) is 11.7 Å². The van der Waals surface area contributed by atoms with E-state index in [9.17, 15) is 0 Å². The van der Waals surface area contributed by atoms with Gasteiger partial charge in [-0.05, 0) is 36.1 Å². The van der Waals surface area contributed by atoms with Crippen molar-refractivity contribution < 1.29 is 4.42 Å². The van der Waals surface area contributed by atoms with Gasteiger partial charge in [0.1, 0.15) is 5.52 Å². The normalized spacial score (nSPS) is 15.0. The van der Waals surface area contributed by atoms with Crippen LogP contribution in [0.1, 0.15) is 11.1 Å². The fourth-order valence-electron chi connectivity index (χ4n) is 2.92. The van der Waals surface area contributed by atoms with Crippen molar-refractivity contribution in [2.24, 2.45) is 0 Å². The molecule has 2 heterocycles. The number of oxazole rings is 1. The Balaban J connectivity index is 1.64. The molecule has 4 nitrogen and oxygen atoms in total. The molecule has 1 aliphatic rings. The van der Waals surface area contributed by atoms with Gasteiger partial charge in [-0.3, -0.25) is 0 Å². The maximum Gasteiger partial charge on any atom is 0.298 e. The molecule has 106 valence electrons. The third-order valence-corrected chi connectivity index (χ3v) is 4.09. The van der Waals surface area contributed by atoms with Crippen LogP contribution in [-0.4, -0.2) is 18.1 Å². The highest BCUT2D eigenvalue weighted by molar-refractivity contribution is 5.78. The van der Waals surface area contributed by atoms with Crippen LogP contribution in [0, 0.1) is 0 Å². The molecule has 0 saturated carbocycles. The summed E-state index contributed by atoms with van der Waals surface area (Å²) < 4.78 is 5.88. The lowest BCUT2D eigenvalue weighted by atomic mass is 10.0. The summed E-state index contributed by atoms with van der Waals surface area (Å²) in [6.07, 6.45) is 2.05. The van der Waals surface area contributed by atoms with E-state index >= 15 is 0 Å². The number of aromatic nitrogens is 1. The van der Waals surface area contributed by atoms with E-state index < -0.39 is 0 Å². The van der Waals surface area contributed by atoms with Crippen LogP contribution in [0.2, 0.25) is 0 Å². The van der Waals surface area contributed by atoms with Crippen molar-refractivity contribution in [2.75, 3.05) is 23.7 Å². The van der Waals surface area contributed by atoms with E-state index in [1.807, 2.05) is 18.2 Å². The number of nitrogens with zero attached hydrogens (tertiary/aromatic N) is 2. The van der Waals surface area contributed by atoms with E-state index in [-0.39, 0.29) is 0 Å². The second kappa shape index (κ2) is 4.81. The second-order valence-electron chi connectivity index (χ2n) is 5.48. The topological polar surface area (TPSA) is 55.3 Å². The molecule has 3 aromatic rings. The van der Waals surface area contributed by atoms with E-state index in [0.717, 1.165) is 37.0 Å². The Labute approximate surface area is 123 Å². The zero-order chi connectivity index (χ0) is 14.2. The van der Waals surface area contributed by atoms with Crippen LogP contribution in [0.25, 0.3) is 11.1 Å². The smallest absolute Gasteiger partial charge is 0.298 e. The first-order valence-corrected chi connectivity index (χ1v) is 7.27. The summed E-state index contributed by atoms with van der Waals surface area (Å²) in [5.41, 5.74) is 11.0. The number of nitrogens with two attached hydrogens (primary N) is 1. The van der Waals surface area contributed by atoms with Crippen LogP contribution in [0.4, 0.5) is 11.7 Å². The summed E-state index contributed by atoms with van der Waals surface area (Å²) in [6, 6.07) is 14.9. The molecule has 1 aliphatic heterocycles. The first kappa shape index (κ1) is 12.3. The van der Waals surface area contributed by atoms with Crippen molar-refractivity contribution >= 4 is 22.8 Å². The number of hydrogen-bond donors (Lipinski definition) is 1. The van der Waals surface area contributed by atoms with Gasteiger partial charge in [-0.15, -0.1) is 0 Å². The van der Waals surface area contributed by atoms with Gasteiger partial charge in [0.15, 0.2) is 5.58 Å². The van der Waals surface area contributed by atoms with E-state index in [4.69, 9.17) is 10.2 Å². The molecule has 2 N–H and O–H groups in total. The third-order valence-electron chi connectivity index (χ3n) is 4.09. The number of benzene rings is 2. The minimum atomic E-state index is 0.698. The van der Waals surface area contributed by atoms with Gasteiger partial charge in [0.2, 0.25) is 0 Å². The molecule has 0 atom stereocenters. The van der Waals surface area contributed by atoms with Gasteiger partial charge in [-0.2, -0.15) is 4.98 Å². The Morgan fingerprint density at radius 1 is 1.00 bits per heavy atom. The predicted octanol–water partition coefficient (Wildman–Crippen LogP) is 3.02. The standard InChI is InChI=1S/C17H17N3O/c18-14-5-6-15-16(11-14)21-17(19-15)20-9-7-12-3-1-2-4-13(12)8-10-20/h1-6,11H,7-10,18H2. The van der Waals surface area contributed by atoms with Gasteiger partial charge in [0.05, 0.1) is 0 Å². The largest absolute Gasteiger partial charge is 0.423 e. The number of nitrogen functional groups attached to an aromatic ring is 1. The second-order valence-corrected chi connectivity index (χ2v) is 5.48. The third kappa shape index (κ3) is 2.23. The van der Waals surface area contributed by atoms with Gasteiger partial charge < -0.3 is 15.1 Å². The Kier molecular flexibility index (Phi) is 2.81. The van der Waals surface area contributed by atoms with Crippen molar-refractivity contribution in [3.05, 3.63) is 53.6 Å². The highest BCUT2D eigenvalue weighted by atomic mass is 16.4. The molecular weight excluding hydrogens is 262 g/mol. The molecule has 1 aromatic heterocycles. The van der Waals surface area contributed by atoms with Crippen molar-refractivity contribution in [1.29, 1.82) is 0 Å². The zero-order valence-corrected chi connectivity index (χ0v) is 11.7. The fraction of sp³-hybridized carbons (Fsp3) is 0.235. The first-order chi connectivity index (χ1) is 10.3. The molecule has 4 heteroatoms. The molecule has 21 heavy (non-hydrogen) atoms. The maximum atomic E-state index is 5.88. The highest BCUT2D eigenvalue weighted by Crippen LogP contribution is 2.25. The van der Waals surface area contributed by atoms with Crippen LogP contribution in [0.3, 0.4) is 0 Å². The fourth-order valence-corrected chi connectivity index (χ4v) is 2.92. The van der Waals surface area contributed by atoms with Crippen LogP contribution in [0.15, 0.2) is 46.9 Å². The molecule has 0 unspecified atom stereocenters. The van der Waals surface area contributed by atoms with E-state index in [1.54, 1.807) is 0 Å². The van der Waals surface area contributed by atoms with Gasteiger partial charge in [0, 0.05) is 24.8 Å². The Morgan fingerprint density at radius 3 is 2.43 bits per heavy atom. The van der Waals surface area contributed by atoms with Crippen molar-refractivity contribution in [3.8, 4) is 0 Å². The van der Waals surface area contributed by atoms with Crippen molar-refractivity contribution in [3.63, 3.8) is 0 Å². The number of anilines is 2. The zero-order valence-electron chi connectivity index (χ0n) is 11.7. The number of fused-ring (bicyclic) bond motifs is 2. The molecule has 0 fully saturated rings. The summed E-state index contributed by atoms with van der Waals surface area (Å²) in [6.45, 7) is 1.86. The Bertz CT molecular complexity index is 767. The SMILES string of the molecule is Nc1ccc2nc(N3CCc4ccccc4CC3)oc2c1. The Morgan fingerprint density at radius 2 is 1.71 bits per heavy atom. The van der Waals surface area contributed by atoms with Crippen LogP contribution >= 0.6 is 0 Å². The predicted molar refractivity (Wildman–Crippen MR) is 84.5 cm³/mol. The molecule has 4 rings (SSSR count). The van der Waals surface area contributed by atoms with E-state index in [1.165, 1.54) is 11.1 Å². The molecule has 2 aromatic carbocycles. The monoisotopic (exact) mass is 279 g/mol. The first-order valence-electron chi connectivity index (χ1n) is 7.27. The van der Waals surface area contributed by atoms with Crippen LogP contribution in [0.5, 0.6) is 0 Å². The lowest BCUT2D eigenvalue weighted by Crippen LogP contribution is -2.26. The van der Waals surface area contributed by atoms with Gasteiger partial charge >= 0.3 is 0 Å². The summed E-state index contributed by atoms with van der Waals surface area (Å²) >= 11 is 0. The molecule has 0 bridgehead atoms. The molecular formula is C17H17N3O. The maximum absolute atomic E-state index is 5.88. The minimum Gasteiger partial charge on any atom is -0.423 e. The van der Waals surface area contributed by atoms with Crippen molar-refractivity contribution in [2.45, 2.75) is 12.8 Å². The quantitative estimate of drug-likeness (QED) is 0.696. The number of rotatable bonds is 1. The van der Waals surface area contributed by atoms with Crippen LogP contribution < -0.4 is 10.6 Å². The summed E-state index contributed by atoms with van der Waals surface area (Å²) in [7, 11) is 0. The number of hydrogen-bond acceptors (Lipinski definition) is 4. The van der Waals surface area contributed by atoms with Crippen molar-refractivity contribution in [1.82, 2.24) is 4.98 Å². The molecule has 0 saturated heterocycles. The molecule has 0 aliphatic carbocycles. The van der Waals surface area contributed by atoms with E-state index in [2.05, 4.69) is 34.1 Å². The lowest BCUT2D eigenvalue weighted by Gasteiger charge is -2.17. The van der Waals surface area contributed by atoms with Gasteiger partial charge in [-0.1, -0.05) is 24.3 Å². The lowest BCUT2D eigenvalue weighted by molar-refractivity contribution is 0.569. The van der Waals surface area contributed by atoms with Gasteiger partial charge in [0.25, 0.3) is 6.01 Å². The highest BCUT2D eigenvalue weighted by Gasteiger charge is 2.18. The summed E-state index contributed by atoms with van der Waals surface area (Å²) in [5, 5.41) is 0. The van der Waals surface area contributed by atoms with Crippen LogP contribution in [-0.2, 0) is 12.8 Å². The summed E-state index contributed by atoms with van der Waals surface area (Å²) in [5.74, 6) is 0. The van der Waals surface area contributed by atoms with Gasteiger partial charge in [-0.25, -0.2) is 0 Å². The molecule has 0 amide bonds. The average Bonchev–Trinajstić information content (AvgIpc) is 2.78. The average molecular weight is 279 g/mol. The minimum absolute atomic E-state index is 0.698. The summed E-state index contributed by atoms with van der Waals surface area (Å²) in [4.78, 5) is 6.80. The Hall–Kier alpha value is -2.49. The molecule has 0 radical (unpaired) electrons.